The summed E-state index contributed by atoms with van der Waals surface area (Å²) in [7, 11) is 0. The van der Waals surface area contributed by atoms with E-state index in [9.17, 15) is 9.59 Å². The first-order valence-electron chi connectivity index (χ1n) is 8.38. The van der Waals surface area contributed by atoms with Crippen LogP contribution >= 0.6 is 11.3 Å². The number of amides is 1. The van der Waals surface area contributed by atoms with E-state index in [1.54, 1.807) is 35.6 Å². The van der Waals surface area contributed by atoms with Gasteiger partial charge in [-0.3, -0.25) is 4.79 Å². The van der Waals surface area contributed by atoms with Crippen molar-refractivity contribution < 1.29 is 19.1 Å². The Morgan fingerprint density at radius 2 is 1.92 bits per heavy atom. The lowest BCUT2D eigenvalue weighted by molar-refractivity contribution is -0.124. The van der Waals surface area contributed by atoms with Gasteiger partial charge in [-0.1, -0.05) is 25.8 Å². The number of esters is 1. The van der Waals surface area contributed by atoms with Crippen LogP contribution < -0.4 is 10.1 Å². The summed E-state index contributed by atoms with van der Waals surface area (Å²) < 4.78 is 10.6. The summed E-state index contributed by atoms with van der Waals surface area (Å²) in [5, 5.41) is 4.65. The summed E-state index contributed by atoms with van der Waals surface area (Å²) in [5.41, 5.74) is 0.395. The van der Waals surface area contributed by atoms with Gasteiger partial charge in [-0.15, -0.1) is 11.3 Å². The number of hydrogen-bond acceptors (Lipinski definition) is 5. The van der Waals surface area contributed by atoms with Crippen LogP contribution in [-0.4, -0.2) is 25.1 Å². The molecule has 5 nitrogen and oxygen atoms in total. The van der Waals surface area contributed by atoms with E-state index in [0.29, 0.717) is 18.7 Å². The summed E-state index contributed by atoms with van der Waals surface area (Å²) in [5.74, 6) is -0.122. The fourth-order valence-electron chi connectivity index (χ4n) is 2.09. The molecular weight excluding hydrogens is 338 g/mol. The van der Waals surface area contributed by atoms with Crippen molar-refractivity contribution in [2.45, 2.75) is 32.7 Å². The summed E-state index contributed by atoms with van der Waals surface area (Å²) >= 11 is 1.56. The van der Waals surface area contributed by atoms with Crippen LogP contribution in [-0.2, 0) is 16.1 Å². The largest absolute Gasteiger partial charge is 0.494 e. The average molecular weight is 361 g/mol. The second-order valence-electron chi connectivity index (χ2n) is 5.51. The van der Waals surface area contributed by atoms with Gasteiger partial charge < -0.3 is 14.8 Å². The van der Waals surface area contributed by atoms with Gasteiger partial charge in [0.2, 0.25) is 0 Å². The maximum absolute atomic E-state index is 12.0. The third-order valence-electron chi connectivity index (χ3n) is 3.48. The fourth-order valence-corrected chi connectivity index (χ4v) is 2.74. The molecule has 0 saturated heterocycles. The van der Waals surface area contributed by atoms with E-state index >= 15 is 0 Å². The van der Waals surface area contributed by atoms with Gasteiger partial charge in [0.05, 0.1) is 18.7 Å². The minimum Gasteiger partial charge on any atom is -0.494 e. The molecule has 2 aromatic rings. The zero-order valence-corrected chi connectivity index (χ0v) is 15.1. The first-order chi connectivity index (χ1) is 12.2. The average Bonchev–Trinajstić information content (AvgIpc) is 3.15. The van der Waals surface area contributed by atoms with E-state index in [2.05, 4.69) is 12.2 Å². The molecule has 0 fully saturated rings. The molecule has 0 radical (unpaired) electrons. The van der Waals surface area contributed by atoms with Gasteiger partial charge in [0, 0.05) is 4.88 Å². The lowest BCUT2D eigenvalue weighted by atomic mass is 10.2. The number of ether oxygens (including phenoxy) is 2. The molecule has 134 valence electrons. The summed E-state index contributed by atoms with van der Waals surface area (Å²) in [6, 6.07) is 10.6. The van der Waals surface area contributed by atoms with Crippen molar-refractivity contribution in [3.05, 3.63) is 52.2 Å². The van der Waals surface area contributed by atoms with Crippen molar-refractivity contribution in [1.29, 1.82) is 0 Å². The van der Waals surface area contributed by atoms with Crippen molar-refractivity contribution in [3.8, 4) is 5.75 Å². The zero-order valence-electron chi connectivity index (χ0n) is 14.3. The van der Waals surface area contributed by atoms with Gasteiger partial charge >= 0.3 is 5.97 Å². The summed E-state index contributed by atoms with van der Waals surface area (Å²) in [6.45, 7) is 2.96. The number of unbranched alkanes of at least 4 members (excludes halogenated alkanes) is 2. The molecule has 1 N–H and O–H groups in total. The third kappa shape index (κ3) is 6.97. The first-order valence-corrected chi connectivity index (χ1v) is 9.26. The molecule has 0 aliphatic carbocycles. The number of rotatable bonds is 10. The van der Waals surface area contributed by atoms with E-state index < -0.39 is 5.97 Å². The lowest BCUT2D eigenvalue weighted by Crippen LogP contribution is -2.28. The Balaban J connectivity index is 1.70. The fraction of sp³-hybridized carbons (Fsp3) is 0.368. The van der Waals surface area contributed by atoms with Gasteiger partial charge in [0.25, 0.3) is 5.91 Å². The molecule has 0 spiro atoms. The highest BCUT2D eigenvalue weighted by atomic mass is 32.1. The highest BCUT2D eigenvalue weighted by Crippen LogP contribution is 2.13. The molecule has 2 rings (SSSR count). The third-order valence-corrected chi connectivity index (χ3v) is 4.36. The van der Waals surface area contributed by atoms with E-state index in [4.69, 9.17) is 9.47 Å². The molecule has 1 amide bonds. The quantitative estimate of drug-likeness (QED) is 0.516. The maximum atomic E-state index is 12.0. The molecule has 0 unspecified atom stereocenters. The van der Waals surface area contributed by atoms with Gasteiger partial charge in [-0.05, 0) is 42.1 Å². The predicted molar refractivity (Wildman–Crippen MR) is 97.9 cm³/mol. The Kier molecular flexibility index (Phi) is 7.98. The number of nitrogens with one attached hydrogen (secondary N) is 1. The maximum Gasteiger partial charge on any atom is 0.338 e. The Morgan fingerprint density at radius 3 is 2.60 bits per heavy atom. The summed E-state index contributed by atoms with van der Waals surface area (Å²) in [4.78, 5) is 24.7. The smallest absolute Gasteiger partial charge is 0.338 e. The first kappa shape index (κ1) is 19.0. The van der Waals surface area contributed by atoms with Gasteiger partial charge in [-0.25, -0.2) is 4.79 Å². The van der Waals surface area contributed by atoms with Crippen LogP contribution in [0.5, 0.6) is 5.75 Å². The topological polar surface area (TPSA) is 64.6 Å². The van der Waals surface area contributed by atoms with Crippen molar-refractivity contribution in [3.63, 3.8) is 0 Å². The molecule has 1 aromatic carbocycles. The number of hydrogen-bond donors (Lipinski definition) is 1. The Bertz CT molecular complexity index is 653. The molecule has 6 heteroatoms. The minimum absolute atomic E-state index is 0.292. The minimum atomic E-state index is -0.524. The van der Waals surface area contributed by atoms with Crippen LogP contribution in [0.3, 0.4) is 0 Å². The Hall–Kier alpha value is -2.34. The number of carbonyl (C=O) groups excluding carboxylic acids is 2. The van der Waals surface area contributed by atoms with E-state index in [1.807, 2.05) is 17.5 Å². The lowest BCUT2D eigenvalue weighted by Gasteiger charge is -2.08. The van der Waals surface area contributed by atoms with E-state index in [0.717, 1.165) is 29.9 Å². The normalized spacial score (nSPS) is 10.3. The molecule has 25 heavy (non-hydrogen) atoms. The molecule has 0 bridgehead atoms. The van der Waals surface area contributed by atoms with E-state index in [1.165, 1.54) is 0 Å². The van der Waals surface area contributed by atoms with Crippen LogP contribution in [0.4, 0.5) is 0 Å². The van der Waals surface area contributed by atoms with Crippen LogP contribution in [0.15, 0.2) is 41.8 Å². The van der Waals surface area contributed by atoms with Crippen molar-refractivity contribution in [2.75, 3.05) is 13.2 Å². The molecule has 0 saturated carbocycles. The van der Waals surface area contributed by atoms with Gasteiger partial charge in [0.15, 0.2) is 6.61 Å². The van der Waals surface area contributed by atoms with Gasteiger partial charge in [0.1, 0.15) is 5.75 Å². The number of thiophene rings is 1. The monoisotopic (exact) mass is 361 g/mol. The molecule has 0 atom stereocenters. The molecular formula is C19H23NO4S. The molecule has 1 heterocycles. The SMILES string of the molecule is CCCCCOc1ccc(C(=O)OCC(=O)NCc2cccs2)cc1. The standard InChI is InChI=1S/C19H23NO4S/c1-2-3-4-11-23-16-9-7-15(8-10-16)19(22)24-14-18(21)20-13-17-6-5-12-25-17/h5-10,12H,2-4,11,13-14H2,1H3,(H,20,21). The second kappa shape index (κ2) is 10.5. The molecule has 0 aliphatic heterocycles. The Labute approximate surface area is 152 Å². The Morgan fingerprint density at radius 1 is 1.12 bits per heavy atom. The van der Waals surface area contributed by atoms with Crippen molar-refractivity contribution >= 4 is 23.2 Å². The second-order valence-corrected chi connectivity index (χ2v) is 6.54. The number of carbonyl (C=O) groups is 2. The van der Waals surface area contributed by atoms with Gasteiger partial charge in [-0.2, -0.15) is 0 Å². The molecule has 1 aromatic heterocycles. The number of benzene rings is 1. The molecule has 0 aliphatic rings. The van der Waals surface area contributed by atoms with Crippen LogP contribution in [0.1, 0.15) is 41.4 Å². The summed E-state index contributed by atoms with van der Waals surface area (Å²) in [6.07, 6.45) is 3.30. The van der Waals surface area contributed by atoms with E-state index in [-0.39, 0.29) is 12.5 Å². The van der Waals surface area contributed by atoms with Crippen molar-refractivity contribution in [2.24, 2.45) is 0 Å². The van der Waals surface area contributed by atoms with Crippen LogP contribution in [0, 0.1) is 0 Å². The highest BCUT2D eigenvalue weighted by Gasteiger charge is 2.10. The zero-order chi connectivity index (χ0) is 17.9. The predicted octanol–water partition coefficient (Wildman–Crippen LogP) is 3.79. The van der Waals surface area contributed by atoms with Crippen molar-refractivity contribution in [1.82, 2.24) is 5.32 Å². The highest BCUT2D eigenvalue weighted by molar-refractivity contribution is 7.09. The van der Waals surface area contributed by atoms with Crippen LogP contribution in [0.25, 0.3) is 0 Å². The van der Waals surface area contributed by atoms with Crippen LogP contribution in [0.2, 0.25) is 0 Å².